The summed E-state index contributed by atoms with van der Waals surface area (Å²) < 4.78 is 5.14. The number of aromatic nitrogens is 1. The highest BCUT2D eigenvalue weighted by Gasteiger charge is 2.16. The van der Waals surface area contributed by atoms with Crippen molar-refractivity contribution in [3.63, 3.8) is 0 Å². The van der Waals surface area contributed by atoms with Crippen molar-refractivity contribution in [2.45, 2.75) is 39.0 Å². The van der Waals surface area contributed by atoms with E-state index in [0.717, 1.165) is 22.6 Å². The second-order valence-electron chi connectivity index (χ2n) is 6.09. The van der Waals surface area contributed by atoms with Crippen LogP contribution in [0.3, 0.4) is 0 Å². The first kappa shape index (κ1) is 20.0. The van der Waals surface area contributed by atoms with Crippen LogP contribution in [0.2, 0.25) is 0 Å². The molecule has 0 atom stereocenters. The van der Waals surface area contributed by atoms with Crippen molar-refractivity contribution >= 4 is 23.6 Å². The number of aryl methyl sites for hydroxylation is 2. The van der Waals surface area contributed by atoms with Crippen LogP contribution in [0.15, 0.2) is 34.9 Å². The number of carboxylic acids is 1. The number of aliphatic carboxylic acids is 1. The molecule has 0 aliphatic rings. The minimum absolute atomic E-state index is 0.0102. The highest BCUT2D eigenvalue weighted by atomic mass is 32.2. The molecule has 0 saturated heterocycles. The highest BCUT2D eigenvalue weighted by molar-refractivity contribution is 7.99. The van der Waals surface area contributed by atoms with E-state index in [1.807, 2.05) is 44.2 Å². The lowest BCUT2D eigenvalue weighted by molar-refractivity contribution is -0.138. The molecule has 26 heavy (non-hydrogen) atoms. The molecule has 1 aromatic carbocycles. The van der Waals surface area contributed by atoms with E-state index in [9.17, 15) is 9.59 Å². The molecule has 0 unspecified atom stereocenters. The molecule has 7 heteroatoms. The number of rotatable bonds is 10. The molecule has 6 nitrogen and oxygen atoms in total. The molecule has 0 aliphatic heterocycles. The molecule has 0 bridgehead atoms. The minimum Gasteiger partial charge on any atom is -0.481 e. The standard InChI is InChI=1S/C19H24N2O4S/c1-14-17(15(2)25-20-14)12-26-13-18(22)21(10-6-9-19(23)24)11-16-7-4-3-5-8-16/h3-5,7-8H,6,9-13H2,1-2H3,(H,23,24). The Hall–Kier alpha value is -2.28. The van der Waals surface area contributed by atoms with E-state index >= 15 is 0 Å². The molecular weight excluding hydrogens is 352 g/mol. The Kier molecular flexibility index (Phi) is 7.72. The van der Waals surface area contributed by atoms with Crippen LogP contribution in [-0.2, 0) is 21.9 Å². The Labute approximate surface area is 157 Å². The van der Waals surface area contributed by atoms with Crippen molar-refractivity contribution in [2.24, 2.45) is 0 Å². The monoisotopic (exact) mass is 376 g/mol. The van der Waals surface area contributed by atoms with Crippen LogP contribution in [0.5, 0.6) is 0 Å². The zero-order chi connectivity index (χ0) is 18.9. The Morgan fingerprint density at radius 2 is 1.96 bits per heavy atom. The molecule has 1 heterocycles. The zero-order valence-corrected chi connectivity index (χ0v) is 15.9. The molecule has 1 amide bonds. The topological polar surface area (TPSA) is 83.6 Å². The summed E-state index contributed by atoms with van der Waals surface area (Å²) in [5.74, 6) is 0.955. The molecular formula is C19H24N2O4S. The number of nitrogens with zero attached hydrogens (tertiary/aromatic N) is 2. The third-order valence-corrected chi connectivity index (χ3v) is 4.98. The summed E-state index contributed by atoms with van der Waals surface area (Å²) in [6, 6.07) is 9.73. The van der Waals surface area contributed by atoms with Crippen LogP contribution in [0.25, 0.3) is 0 Å². The van der Waals surface area contributed by atoms with E-state index in [1.54, 1.807) is 4.90 Å². The lowest BCUT2D eigenvalue weighted by Crippen LogP contribution is -2.33. The van der Waals surface area contributed by atoms with Crippen molar-refractivity contribution in [3.05, 3.63) is 52.9 Å². The Morgan fingerprint density at radius 1 is 1.23 bits per heavy atom. The average Bonchev–Trinajstić information content (AvgIpc) is 2.93. The maximum atomic E-state index is 12.6. The van der Waals surface area contributed by atoms with Gasteiger partial charge in [-0.05, 0) is 25.8 Å². The summed E-state index contributed by atoms with van der Waals surface area (Å²) in [6.45, 7) is 4.68. The lowest BCUT2D eigenvalue weighted by atomic mass is 10.2. The summed E-state index contributed by atoms with van der Waals surface area (Å²) in [7, 11) is 0. The summed E-state index contributed by atoms with van der Waals surface area (Å²) in [6.07, 6.45) is 0.507. The first-order chi connectivity index (χ1) is 12.5. The quantitative estimate of drug-likeness (QED) is 0.684. The smallest absolute Gasteiger partial charge is 0.303 e. The summed E-state index contributed by atoms with van der Waals surface area (Å²) in [5.41, 5.74) is 2.92. The van der Waals surface area contributed by atoms with Gasteiger partial charge >= 0.3 is 5.97 Å². The summed E-state index contributed by atoms with van der Waals surface area (Å²) in [4.78, 5) is 25.1. The van der Waals surface area contributed by atoms with Gasteiger partial charge in [0.2, 0.25) is 5.91 Å². The predicted octanol–water partition coefficient (Wildman–Crippen LogP) is 3.42. The van der Waals surface area contributed by atoms with Gasteiger partial charge in [-0.15, -0.1) is 11.8 Å². The SMILES string of the molecule is Cc1noc(C)c1CSCC(=O)N(CCCC(=O)O)Cc1ccccc1. The number of carbonyl (C=O) groups is 2. The predicted molar refractivity (Wildman–Crippen MR) is 101 cm³/mol. The number of hydrogen-bond donors (Lipinski definition) is 1. The third-order valence-electron chi connectivity index (χ3n) is 4.04. The van der Waals surface area contributed by atoms with Gasteiger partial charge in [0.1, 0.15) is 5.76 Å². The number of benzene rings is 1. The Bertz CT molecular complexity index is 711. The maximum absolute atomic E-state index is 12.6. The Morgan fingerprint density at radius 3 is 2.58 bits per heavy atom. The Balaban J connectivity index is 1.91. The zero-order valence-electron chi connectivity index (χ0n) is 15.1. The normalized spacial score (nSPS) is 10.7. The van der Waals surface area contributed by atoms with Gasteiger partial charge in [0.15, 0.2) is 0 Å². The van der Waals surface area contributed by atoms with Crippen LogP contribution in [0, 0.1) is 13.8 Å². The second kappa shape index (κ2) is 10.0. The fraction of sp³-hybridized carbons (Fsp3) is 0.421. The van der Waals surface area contributed by atoms with E-state index in [0.29, 0.717) is 31.0 Å². The molecule has 2 aromatic rings. The van der Waals surface area contributed by atoms with E-state index < -0.39 is 5.97 Å². The van der Waals surface area contributed by atoms with Crippen molar-refractivity contribution < 1.29 is 19.2 Å². The van der Waals surface area contributed by atoms with Gasteiger partial charge in [-0.1, -0.05) is 35.5 Å². The van der Waals surface area contributed by atoms with E-state index in [-0.39, 0.29) is 12.3 Å². The van der Waals surface area contributed by atoms with Gasteiger partial charge in [0, 0.05) is 30.8 Å². The van der Waals surface area contributed by atoms with Gasteiger partial charge in [-0.25, -0.2) is 0 Å². The van der Waals surface area contributed by atoms with Gasteiger partial charge in [0.05, 0.1) is 11.4 Å². The van der Waals surface area contributed by atoms with Crippen LogP contribution in [0.4, 0.5) is 0 Å². The molecule has 0 radical (unpaired) electrons. The molecule has 140 valence electrons. The second-order valence-corrected chi connectivity index (χ2v) is 7.08. The number of amides is 1. The van der Waals surface area contributed by atoms with Crippen LogP contribution in [-0.4, -0.2) is 39.3 Å². The van der Waals surface area contributed by atoms with Crippen molar-refractivity contribution in [2.75, 3.05) is 12.3 Å². The van der Waals surface area contributed by atoms with Gasteiger partial charge in [-0.2, -0.15) is 0 Å². The fourth-order valence-electron chi connectivity index (χ4n) is 2.56. The van der Waals surface area contributed by atoms with Crippen LogP contribution < -0.4 is 0 Å². The van der Waals surface area contributed by atoms with Crippen LogP contribution in [0.1, 0.15) is 35.4 Å². The average molecular weight is 376 g/mol. The van der Waals surface area contributed by atoms with E-state index in [4.69, 9.17) is 9.63 Å². The fourth-order valence-corrected chi connectivity index (χ4v) is 3.63. The summed E-state index contributed by atoms with van der Waals surface area (Å²) >= 11 is 1.52. The van der Waals surface area contributed by atoms with Gasteiger partial charge < -0.3 is 14.5 Å². The van der Waals surface area contributed by atoms with Crippen LogP contribution >= 0.6 is 11.8 Å². The van der Waals surface area contributed by atoms with Crippen molar-refractivity contribution in [3.8, 4) is 0 Å². The highest BCUT2D eigenvalue weighted by Crippen LogP contribution is 2.20. The number of thioether (sulfide) groups is 1. The number of carbonyl (C=O) groups excluding carboxylic acids is 1. The van der Waals surface area contributed by atoms with Gasteiger partial charge in [0.25, 0.3) is 0 Å². The van der Waals surface area contributed by atoms with E-state index in [2.05, 4.69) is 5.16 Å². The molecule has 0 fully saturated rings. The molecule has 0 spiro atoms. The largest absolute Gasteiger partial charge is 0.481 e. The number of carboxylic acid groups (broad SMARTS) is 1. The molecule has 0 aliphatic carbocycles. The molecule has 1 N–H and O–H groups in total. The maximum Gasteiger partial charge on any atom is 0.303 e. The van der Waals surface area contributed by atoms with Crippen molar-refractivity contribution in [1.82, 2.24) is 10.1 Å². The van der Waals surface area contributed by atoms with E-state index in [1.165, 1.54) is 11.8 Å². The lowest BCUT2D eigenvalue weighted by Gasteiger charge is -2.22. The van der Waals surface area contributed by atoms with Gasteiger partial charge in [-0.3, -0.25) is 9.59 Å². The first-order valence-corrected chi connectivity index (χ1v) is 9.66. The molecule has 1 aromatic heterocycles. The first-order valence-electron chi connectivity index (χ1n) is 8.50. The number of hydrogen-bond acceptors (Lipinski definition) is 5. The minimum atomic E-state index is -0.843. The summed E-state index contributed by atoms with van der Waals surface area (Å²) in [5, 5.41) is 12.8. The van der Waals surface area contributed by atoms with Crippen molar-refractivity contribution in [1.29, 1.82) is 0 Å². The third kappa shape index (κ3) is 6.22. The molecule has 0 saturated carbocycles. The molecule has 2 rings (SSSR count).